The van der Waals surface area contributed by atoms with Crippen LogP contribution in [0.1, 0.15) is 26.2 Å². The van der Waals surface area contributed by atoms with E-state index in [9.17, 15) is 9.59 Å². The fourth-order valence-corrected chi connectivity index (χ4v) is 1.06. The van der Waals surface area contributed by atoms with Gasteiger partial charge >= 0.3 is 5.97 Å². The summed E-state index contributed by atoms with van der Waals surface area (Å²) in [6, 6.07) is 1.64. The molecule has 0 radical (unpaired) electrons. The fourth-order valence-electron chi connectivity index (χ4n) is 1.06. The zero-order valence-corrected chi connectivity index (χ0v) is 9.68. The molecule has 0 bridgehead atoms. The molecule has 0 atom stereocenters. The van der Waals surface area contributed by atoms with E-state index in [2.05, 4.69) is 15.3 Å². The Morgan fingerprint density at radius 3 is 2.71 bits per heavy atom. The van der Waals surface area contributed by atoms with Crippen molar-refractivity contribution in [3.63, 3.8) is 0 Å². The molecule has 0 saturated heterocycles. The largest absolute Gasteiger partial charge is 0.456 e. The van der Waals surface area contributed by atoms with Crippen molar-refractivity contribution < 1.29 is 14.3 Å². The minimum absolute atomic E-state index is 0.196. The van der Waals surface area contributed by atoms with Crippen LogP contribution in [0.4, 0.5) is 5.95 Å². The van der Waals surface area contributed by atoms with Crippen LogP contribution in [0.15, 0.2) is 18.5 Å². The highest BCUT2D eigenvalue weighted by Gasteiger charge is 2.07. The van der Waals surface area contributed by atoms with Gasteiger partial charge in [-0.2, -0.15) is 0 Å². The molecule has 1 rings (SSSR count). The van der Waals surface area contributed by atoms with Crippen LogP contribution in [-0.4, -0.2) is 28.5 Å². The van der Waals surface area contributed by atoms with E-state index in [0.717, 1.165) is 12.8 Å². The SMILES string of the molecule is CCCCC(=O)OCC(=O)Nc1ncccn1. The molecule has 1 N–H and O–H groups in total. The Hall–Kier alpha value is -1.98. The van der Waals surface area contributed by atoms with Crippen LogP contribution in [0.5, 0.6) is 0 Å². The third-order valence-corrected chi connectivity index (χ3v) is 1.92. The minimum Gasteiger partial charge on any atom is -0.456 e. The number of ether oxygens (including phenoxy) is 1. The number of amides is 1. The van der Waals surface area contributed by atoms with Crippen molar-refractivity contribution in [1.29, 1.82) is 0 Å². The van der Waals surface area contributed by atoms with Crippen LogP contribution >= 0.6 is 0 Å². The molecule has 1 aromatic rings. The summed E-state index contributed by atoms with van der Waals surface area (Å²) in [4.78, 5) is 30.1. The Kier molecular flexibility index (Phi) is 5.63. The average molecular weight is 237 g/mol. The van der Waals surface area contributed by atoms with Crippen LogP contribution in [0.3, 0.4) is 0 Å². The van der Waals surface area contributed by atoms with Crippen molar-refractivity contribution in [1.82, 2.24) is 9.97 Å². The Bertz CT molecular complexity index is 367. The number of carbonyl (C=O) groups excluding carboxylic acids is 2. The van der Waals surface area contributed by atoms with Gasteiger partial charge < -0.3 is 4.74 Å². The number of unbranched alkanes of at least 4 members (excludes halogenated alkanes) is 1. The topological polar surface area (TPSA) is 81.2 Å². The molecule has 0 aromatic carbocycles. The van der Waals surface area contributed by atoms with Gasteiger partial charge in [-0.3, -0.25) is 14.9 Å². The van der Waals surface area contributed by atoms with E-state index in [1.54, 1.807) is 6.07 Å². The smallest absolute Gasteiger partial charge is 0.306 e. The van der Waals surface area contributed by atoms with Crippen molar-refractivity contribution >= 4 is 17.8 Å². The van der Waals surface area contributed by atoms with Gasteiger partial charge in [0.25, 0.3) is 5.91 Å². The highest BCUT2D eigenvalue weighted by atomic mass is 16.5. The van der Waals surface area contributed by atoms with Crippen molar-refractivity contribution in [2.75, 3.05) is 11.9 Å². The van der Waals surface area contributed by atoms with E-state index in [-0.39, 0.29) is 18.5 Å². The summed E-state index contributed by atoms with van der Waals surface area (Å²) in [5.41, 5.74) is 0. The number of nitrogens with zero attached hydrogens (tertiary/aromatic N) is 2. The van der Waals surface area contributed by atoms with E-state index in [4.69, 9.17) is 4.74 Å². The molecule has 0 unspecified atom stereocenters. The lowest BCUT2D eigenvalue weighted by atomic mass is 10.2. The zero-order valence-electron chi connectivity index (χ0n) is 9.68. The molecular formula is C11H15N3O3. The molecule has 0 aliphatic heterocycles. The van der Waals surface area contributed by atoms with E-state index < -0.39 is 5.91 Å². The minimum atomic E-state index is -0.443. The second-order valence-corrected chi connectivity index (χ2v) is 3.38. The Balaban J connectivity index is 2.24. The first kappa shape index (κ1) is 13.1. The number of anilines is 1. The van der Waals surface area contributed by atoms with E-state index >= 15 is 0 Å². The van der Waals surface area contributed by atoms with Crippen molar-refractivity contribution in [3.8, 4) is 0 Å². The molecule has 92 valence electrons. The molecule has 0 fully saturated rings. The van der Waals surface area contributed by atoms with Crippen LogP contribution in [0, 0.1) is 0 Å². The van der Waals surface area contributed by atoms with Gasteiger partial charge in [-0.05, 0) is 12.5 Å². The first-order valence-corrected chi connectivity index (χ1v) is 5.45. The normalized spacial score (nSPS) is 9.71. The van der Waals surface area contributed by atoms with Gasteiger partial charge in [0.05, 0.1) is 0 Å². The lowest BCUT2D eigenvalue weighted by Gasteiger charge is -2.04. The number of nitrogens with one attached hydrogen (secondary N) is 1. The summed E-state index contributed by atoms with van der Waals surface area (Å²) in [7, 11) is 0. The molecule has 6 heteroatoms. The Morgan fingerprint density at radius 1 is 1.35 bits per heavy atom. The van der Waals surface area contributed by atoms with Gasteiger partial charge in [0.15, 0.2) is 6.61 Å². The van der Waals surface area contributed by atoms with Gasteiger partial charge in [0.1, 0.15) is 0 Å². The van der Waals surface area contributed by atoms with Gasteiger partial charge in [0, 0.05) is 18.8 Å². The van der Waals surface area contributed by atoms with Gasteiger partial charge in [-0.15, -0.1) is 0 Å². The van der Waals surface area contributed by atoms with Crippen molar-refractivity contribution in [3.05, 3.63) is 18.5 Å². The van der Waals surface area contributed by atoms with E-state index in [1.807, 2.05) is 6.92 Å². The molecule has 0 aliphatic carbocycles. The number of carbonyl (C=O) groups is 2. The summed E-state index contributed by atoms with van der Waals surface area (Å²) in [6.45, 7) is 1.67. The number of hydrogen-bond acceptors (Lipinski definition) is 5. The highest BCUT2D eigenvalue weighted by Crippen LogP contribution is 1.97. The number of hydrogen-bond donors (Lipinski definition) is 1. The first-order valence-electron chi connectivity index (χ1n) is 5.45. The molecular weight excluding hydrogens is 222 g/mol. The van der Waals surface area contributed by atoms with Crippen LogP contribution in [0.25, 0.3) is 0 Å². The van der Waals surface area contributed by atoms with Crippen LogP contribution in [-0.2, 0) is 14.3 Å². The molecule has 6 nitrogen and oxygen atoms in total. The first-order chi connectivity index (χ1) is 8.22. The fraction of sp³-hybridized carbons (Fsp3) is 0.455. The monoisotopic (exact) mass is 237 g/mol. The molecule has 0 saturated carbocycles. The maximum atomic E-state index is 11.3. The molecule has 1 aromatic heterocycles. The molecule has 0 spiro atoms. The van der Waals surface area contributed by atoms with Crippen LogP contribution < -0.4 is 5.32 Å². The second-order valence-electron chi connectivity index (χ2n) is 3.38. The molecule has 0 aliphatic rings. The lowest BCUT2D eigenvalue weighted by Crippen LogP contribution is -2.21. The summed E-state index contributed by atoms with van der Waals surface area (Å²) in [6.07, 6.45) is 5.04. The number of esters is 1. The number of aromatic nitrogens is 2. The van der Waals surface area contributed by atoms with Gasteiger partial charge in [-0.25, -0.2) is 9.97 Å². The number of rotatable bonds is 6. The molecule has 17 heavy (non-hydrogen) atoms. The van der Waals surface area contributed by atoms with Crippen molar-refractivity contribution in [2.45, 2.75) is 26.2 Å². The lowest BCUT2D eigenvalue weighted by molar-refractivity contribution is -0.147. The predicted molar refractivity (Wildman–Crippen MR) is 61.1 cm³/mol. The highest BCUT2D eigenvalue weighted by molar-refractivity contribution is 5.91. The third kappa shape index (κ3) is 5.60. The molecule has 1 heterocycles. The Morgan fingerprint density at radius 2 is 2.06 bits per heavy atom. The van der Waals surface area contributed by atoms with E-state index in [0.29, 0.717) is 6.42 Å². The quantitative estimate of drug-likeness (QED) is 0.750. The van der Waals surface area contributed by atoms with E-state index in [1.165, 1.54) is 12.4 Å². The Labute approximate surface area is 99.4 Å². The van der Waals surface area contributed by atoms with Gasteiger partial charge in [0.2, 0.25) is 5.95 Å². The summed E-state index contributed by atoms with van der Waals surface area (Å²) >= 11 is 0. The predicted octanol–water partition coefficient (Wildman–Crippen LogP) is 1.15. The summed E-state index contributed by atoms with van der Waals surface area (Å²) in [5.74, 6) is -0.612. The van der Waals surface area contributed by atoms with Gasteiger partial charge in [-0.1, -0.05) is 13.3 Å². The summed E-state index contributed by atoms with van der Waals surface area (Å²) < 4.78 is 4.77. The van der Waals surface area contributed by atoms with Crippen LogP contribution in [0.2, 0.25) is 0 Å². The maximum absolute atomic E-state index is 11.3. The summed E-state index contributed by atoms with van der Waals surface area (Å²) in [5, 5.41) is 2.41. The maximum Gasteiger partial charge on any atom is 0.306 e. The second kappa shape index (κ2) is 7.32. The van der Waals surface area contributed by atoms with Crippen molar-refractivity contribution in [2.24, 2.45) is 0 Å². The third-order valence-electron chi connectivity index (χ3n) is 1.92. The standard InChI is InChI=1S/C11H15N3O3/c1-2-3-5-10(16)17-8-9(15)14-11-12-6-4-7-13-11/h4,6-7H,2-3,5,8H2,1H3,(H,12,13,14,15). The molecule has 1 amide bonds. The average Bonchev–Trinajstić information content (AvgIpc) is 2.35. The zero-order chi connectivity index (χ0) is 12.5.